The Balaban J connectivity index is 2.10. The van der Waals surface area contributed by atoms with Gasteiger partial charge in [0.15, 0.2) is 11.5 Å². The Morgan fingerprint density at radius 2 is 1.76 bits per heavy atom. The van der Waals surface area contributed by atoms with Gasteiger partial charge in [-0.05, 0) is 61.4 Å². The predicted molar refractivity (Wildman–Crippen MR) is 141 cm³/mol. The molecule has 1 aromatic carbocycles. The highest BCUT2D eigenvalue weighted by molar-refractivity contribution is 7.11. The number of rotatable bonds is 14. The van der Waals surface area contributed by atoms with E-state index in [9.17, 15) is 35.8 Å². The number of alkyl halides is 7. The average molecular weight is 628 g/mol. The van der Waals surface area contributed by atoms with Crippen LogP contribution < -0.4 is 15.0 Å². The molecule has 1 fully saturated rings. The van der Waals surface area contributed by atoms with E-state index in [1.807, 2.05) is 0 Å². The maximum atomic E-state index is 13.7. The number of hydrogen-bond acceptors (Lipinski definition) is 6. The van der Waals surface area contributed by atoms with Gasteiger partial charge in [0, 0.05) is 17.0 Å². The molecule has 0 radical (unpaired) electrons. The molecule has 1 heterocycles. The average Bonchev–Trinajstić information content (AvgIpc) is 3.41. The van der Waals surface area contributed by atoms with Crippen LogP contribution in [0.25, 0.3) is 0 Å². The summed E-state index contributed by atoms with van der Waals surface area (Å²) in [7, 11) is 1.46. The maximum absolute atomic E-state index is 13.7. The third kappa shape index (κ3) is 9.41. The van der Waals surface area contributed by atoms with E-state index in [0.717, 1.165) is 35.5 Å². The highest BCUT2D eigenvalue weighted by atomic mass is 32.1. The minimum Gasteiger partial charge on any atom is -0.431 e. The molecule has 0 aliphatic heterocycles. The monoisotopic (exact) mass is 627 g/mol. The summed E-state index contributed by atoms with van der Waals surface area (Å²) >= 11 is 0.907. The number of nitrogens with zero attached hydrogens (tertiary/aromatic N) is 1. The fourth-order valence-electron chi connectivity index (χ4n) is 5.19. The number of benzene rings is 1. The molecule has 3 rings (SSSR count). The second-order valence-corrected chi connectivity index (χ2v) is 11.0. The molecule has 3 N–H and O–H groups in total. The molecule has 42 heavy (non-hydrogen) atoms. The van der Waals surface area contributed by atoms with Crippen LogP contribution in [0, 0.1) is 5.92 Å². The Hall–Kier alpha value is -2.68. The van der Waals surface area contributed by atoms with Crippen LogP contribution in [0.2, 0.25) is 0 Å². The van der Waals surface area contributed by atoms with Gasteiger partial charge in [0.05, 0.1) is 13.5 Å². The van der Waals surface area contributed by atoms with E-state index in [1.165, 1.54) is 24.9 Å². The first kappa shape index (κ1) is 33.8. The Morgan fingerprint density at radius 1 is 1.10 bits per heavy atom. The van der Waals surface area contributed by atoms with Crippen LogP contribution in [0.5, 0.6) is 11.5 Å². The summed E-state index contributed by atoms with van der Waals surface area (Å²) in [6, 6.07) is 3.59. The molecule has 1 saturated carbocycles. The number of halogens is 7. The Bertz CT molecular complexity index is 1200. The first-order valence-corrected chi connectivity index (χ1v) is 14.1. The third-order valence-corrected chi connectivity index (χ3v) is 8.40. The SMILES string of the molecule is C/C=C(\C=C/[NH2+]OC)CC(c1ccc(OC(F)F)c(OC(F)F)c1)c1cnc(C(O)(CC(F)(F)F)C2CCCCC2)s1. The van der Waals surface area contributed by atoms with Gasteiger partial charge in [0.2, 0.25) is 0 Å². The molecule has 14 heteroatoms. The molecule has 2 atom stereocenters. The lowest BCUT2D eigenvalue weighted by Gasteiger charge is -2.37. The number of ether oxygens (including phenoxy) is 2. The summed E-state index contributed by atoms with van der Waals surface area (Å²) in [5, 5.41) is 11.5. The van der Waals surface area contributed by atoms with Crippen LogP contribution in [-0.4, -0.2) is 36.6 Å². The molecule has 0 saturated heterocycles. The number of hydroxylamine groups is 1. The van der Waals surface area contributed by atoms with Crippen LogP contribution in [0.15, 0.2) is 48.3 Å². The summed E-state index contributed by atoms with van der Waals surface area (Å²) in [4.78, 5) is 9.62. The van der Waals surface area contributed by atoms with E-state index in [2.05, 4.69) is 14.5 Å². The number of allylic oxidation sites excluding steroid dienone is 3. The second kappa shape index (κ2) is 15.2. The van der Waals surface area contributed by atoms with Crippen molar-refractivity contribution in [2.75, 3.05) is 7.11 Å². The van der Waals surface area contributed by atoms with Gasteiger partial charge in [-0.25, -0.2) is 9.82 Å². The first-order chi connectivity index (χ1) is 19.9. The van der Waals surface area contributed by atoms with Gasteiger partial charge in [-0.3, -0.25) is 0 Å². The molecule has 0 amide bonds. The molecule has 6 nitrogen and oxygen atoms in total. The molecule has 1 aromatic heterocycles. The zero-order valence-electron chi connectivity index (χ0n) is 23.1. The third-order valence-electron chi connectivity index (χ3n) is 7.13. The van der Waals surface area contributed by atoms with Gasteiger partial charge in [-0.15, -0.1) is 11.3 Å². The summed E-state index contributed by atoms with van der Waals surface area (Å²) in [5.41, 5.74) is 0.269. The predicted octanol–water partition coefficient (Wildman–Crippen LogP) is 7.17. The maximum Gasteiger partial charge on any atom is 0.392 e. The minimum absolute atomic E-state index is 0.0845. The number of quaternary nitrogens is 1. The highest BCUT2D eigenvalue weighted by Gasteiger charge is 2.49. The first-order valence-electron chi connectivity index (χ1n) is 13.3. The van der Waals surface area contributed by atoms with Crippen molar-refractivity contribution in [1.82, 2.24) is 4.98 Å². The van der Waals surface area contributed by atoms with Crippen LogP contribution in [0.1, 0.15) is 73.2 Å². The second-order valence-electron chi connectivity index (χ2n) is 9.93. The Kier molecular flexibility index (Phi) is 12.2. The molecule has 1 aliphatic carbocycles. The Labute approximate surface area is 243 Å². The summed E-state index contributed by atoms with van der Waals surface area (Å²) in [6.45, 7) is -4.86. The fourth-order valence-corrected chi connectivity index (χ4v) is 6.40. The van der Waals surface area contributed by atoms with Gasteiger partial charge in [0.1, 0.15) is 16.8 Å². The van der Waals surface area contributed by atoms with Gasteiger partial charge in [-0.2, -0.15) is 36.2 Å². The molecule has 1 aliphatic rings. The van der Waals surface area contributed by atoms with Gasteiger partial charge in [-0.1, -0.05) is 31.4 Å². The van der Waals surface area contributed by atoms with E-state index in [1.54, 1.807) is 25.3 Å². The molecule has 0 spiro atoms. The van der Waals surface area contributed by atoms with Crippen LogP contribution in [-0.2, 0) is 10.4 Å². The number of aliphatic hydroxyl groups is 1. The van der Waals surface area contributed by atoms with Crippen LogP contribution in [0.4, 0.5) is 30.7 Å². The smallest absolute Gasteiger partial charge is 0.392 e. The number of nitrogens with two attached hydrogens (primary N) is 1. The topological polar surface area (TPSA) is 77.4 Å². The van der Waals surface area contributed by atoms with Gasteiger partial charge in [0.25, 0.3) is 0 Å². The lowest BCUT2D eigenvalue weighted by Crippen LogP contribution is -2.75. The quantitative estimate of drug-likeness (QED) is 0.132. The van der Waals surface area contributed by atoms with Crippen molar-refractivity contribution in [2.45, 2.75) is 82.8 Å². The number of hydrogen-bond donors (Lipinski definition) is 2. The van der Waals surface area contributed by atoms with Crippen molar-refractivity contribution in [2.24, 2.45) is 5.92 Å². The number of aromatic nitrogens is 1. The molecule has 0 bridgehead atoms. The van der Waals surface area contributed by atoms with Gasteiger partial charge < -0.3 is 14.6 Å². The zero-order chi connectivity index (χ0) is 30.9. The summed E-state index contributed by atoms with van der Waals surface area (Å²) < 4.78 is 102. The van der Waals surface area contributed by atoms with Crippen LogP contribution in [0.3, 0.4) is 0 Å². The largest absolute Gasteiger partial charge is 0.431 e. The molecule has 234 valence electrons. The normalized spacial score (nSPS) is 17.7. The molecular formula is C28H34F7N2O4S+. The van der Waals surface area contributed by atoms with Crippen LogP contribution >= 0.6 is 11.3 Å². The molecular weight excluding hydrogens is 593 g/mol. The lowest BCUT2D eigenvalue weighted by atomic mass is 9.75. The molecule has 2 unspecified atom stereocenters. The van der Waals surface area contributed by atoms with Crippen molar-refractivity contribution in [3.63, 3.8) is 0 Å². The summed E-state index contributed by atoms with van der Waals surface area (Å²) in [6.07, 6.45) is 3.72. The zero-order valence-corrected chi connectivity index (χ0v) is 23.9. The van der Waals surface area contributed by atoms with Crippen molar-refractivity contribution in [1.29, 1.82) is 0 Å². The van der Waals surface area contributed by atoms with E-state index in [4.69, 9.17) is 4.84 Å². The lowest BCUT2D eigenvalue weighted by molar-refractivity contribution is -0.842. The van der Waals surface area contributed by atoms with Crippen molar-refractivity contribution >= 4 is 11.3 Å². The van der Waals surface area contributed by atoms with E-state index < -0.39 is 54.8 Å². The minimum atomic E-state index is -4.65. The Morgan fingerprint density at radius 3 is 2.36 bits per heavy atom. The van der Waals surface area contributed by atoms with Crippen molar-refractivity contribution < 1.29 is 55.6 Å². The summed E-state index contributed by atoms with van der Waals surface area (Å²) in [5.74, 6) is -2.55. The van der Waals surface area contributed by atoms with Crippen molar-refractivity contribution in [3.05, 3.63) is 63.8 Å². The fraction of sp³-hybridized carbons (Fsp3) is 0.536. The highest BCUT2D eigenvalue weighted by Crippen LogP contribution is 2.48. The van der Waals surface area contributed by atoms with E-state index in [-0.39, 0.29) is 11.4 Å². The number of thiazole rings is 1. The molecule has 2 aromatic rings. The van der Waals surface area contributed by atoms with E-state index in [0.29, 0.717) is 36.1 Å². The standard InChI is InChI=1S/C28H33F7N2O4S/c1-3-17(11-12-37-39-2)13-20(18-9-10-21(40-25(29)30)22(14-18)41-26(31)32)23-15-36-24(42-23)27(38,16-28(33,34)35)19-7-5-4-6-8-19/h3,9-12,14-15,19-20,25-26,37-38H,4-8,13,16H2,1-2H3/p+1/b12-11-,17-3+. The van der Waals surface area contributed by atoms with E-state index >= 15 is 0 Å². The van der Waals surface area contributed by atoms with Gasteiger partial charge >= 0.3 is 19.4 Å². The van der Waals surface area contributed by atoms with Crippen molar-refractivity contribution in [3.8, 4) is 11.5 Å².